The average Bonchev–Trinajstić information content (AvgIpc) is 3.28. The van der Waals surface area contributed by atoms with Gasteiger partial charge in [-0.2, -0.15) is 0 Å². The quantitative estimate of drug-likeness (QED) is 0.679. The van der Waals surface area contributed by atoms with E-state index in [0.717, 1.165) is 15.7 Å². The van der Waals surface area contributed by atoms with Gasteiger partial charge in [-0.15, -0.1) is 0 Å². The Morgan fingerprint density at radius 2 is 2.18 bits per heavy atom. The summed E-state index contributed by atoms with van der Waals surface area (Å²) in [7, 11) is 1.32. The van der Waals surface area contributed by atoms with Crippen molar-refractivity contribution in [2.45, 2.75) is 26.4 Å². The summed E-state index contributed by atoms with van der Waals surface area (Å²) in [6, 6.07) is 5.68. The third-order valence-electron chi connectivity index (χ3n) is 4.70. The molecular formula is C19H21BrN4O4. The minimum atomic E-state index is -0.430. The van der Waals surface area contributed by atoms with Crippen LogP contribution in [0, 0.1) is 12.8 Å². The Labute approximate surface area is 171 Å². The van der Waals surface area contributed by atoms with Crippen LogP contribution in [0.4, 0.5) is 5.69 Å². The van der Waals surface area contributed by atoms with Gasteiger partial charge in [0.15, 0.2) is 0 Å². The second-order valence-corrected chi connectivity index (χ2v) is 7.46. The summed E-state index contributed by atoms with van der Waals surface area (Å²) >= 11 is 3.45. The van der Waals surface area contributed by atoms with Gasteiger partial charge >= 0.3 is 5.97 Å². The molecule has 1 atom stereocenters. The third kappa shape index (κ3) is 4.41. The maximum absolute atomic E-state index is 12.5. The van der Waals surface area contributed by atoms with Crippen molar-refractivity contribution in [3.05, 3.63) is 46.5 Å². The molecule has 1 aliphatic rings. The lowest BCUT2D eigenvalue weighted by Crippen LogP contribution is -2.33. The van der Waals surface area contributed by atoms with Crippen molar-refractivity contribution in [1.82, 2.24) is 14.9 Å². The molecule has 0 spiro atoms. The molecule has 1 fully saturated rings. The van der Waals surface area contributed by atoms with Crippen molar-refractivity contribution in [3.8, 4) is 0 Å². The molecule has 1 aromatic heterocycles. The normalized spacial score (nSPS) is 16.3. The number of amides is 2. The van der Waals surface area contributed by atoms with Crippen molar-refractivity contribution in [3.63, 3.8) is 0 Å². The topological polar surface area (TPSA) is 93.5 Å². The average molecular weight is 449 g/mol. The summed E-state index contributed by atoms with van der Waals surface area (Å²) in [5.74, 6) is -0.567. The molecule has 1 aliphatic heterocycles. The highest BCUT2D eigenvalue weighted by atomic mass is 79.9. The minimum absolute atomic E-state index is 0.0281. The molecule has 2 heterocycles. The van der Waals surface area contributed by atoms with Crippen LogP contribution < -0.4 is 10.2 Å². The Morgan fingerprint density at radius 1 is 1.39 bits per heavy atom. The van der Waals surface area contributed by atoms with Gasteiger partial charge in [0, 0.05) is 35.5 Å². The van der Waals surface area contributed by atoms with Gasteiger partial charge in [-0.1, -0.05) is 15.9 Å². The number of hydrogen-bond donors (Lipinski definition) is 1. The molecule has 0 aliphatic carbocycles. The Kier molecular flexibility index (Phi) is 6.13. The monoisotopic (exact) mass is 448 g/mol. The van der Waals surface area contributed by atoms with Gasteiger partial charge < -0.3 is 19.5 Å². The fourth-order valence-electron chi connectivity index (χ4n) is 3.09. The van der Waals surface area contributed by atoms with Crippen molar-refractivity contribution in [2.75, 3.05) is 18.6 Å². The molecule has 2 aromatic rings. The van der Waals surface area contributed by atoms with E-state index in [1.807, 2.05) is 25.1 Å². The van der Waals surface area contributed by atoms with Crippen LogP contribution in [-0.2, 0) is 32.2 Å². The first-order valence-corrected chi connectivity index (χ1v) is 9.59. The molecule has 2 amide bonds. The first kappa shape index (κ1) is 20.1. The number of halogens is 1. The number of benzene rings is 1. The number of aromatic nitrogens is 2. The number of imidazole rings is 1. The van der Waals surface area contributed by atoms with Gasteiger partial charge in [0.1, 0.15) is 12.4 Å². The second-order valence-electron chi connectivity index (χ2n) is 6.60. The number of rotatable bonds is 6. The van der Waals surface area contributed by atoms with Crippen LogP contribution >= 0.6 is 15.9 Å². The highest BCUT2D eigenvalue weighted by molar-refractivity contribution is 9.10. The number of ether oxygens (including phenoxy) is 1. The Bertz CT molecular complexity index is 911. The first-order chi connectivity index (χ1) is 13.4. The zero-order valence-corrected chi connectivity index (χ0v) is 17.2. The zero-order valence-electron chi connectivity index (χ0n) is 15.6. The minimum Gasteiger partial charge on any atom is -0.468 e. The molecule has 0 radical (unpaired) electrons. The van der Waals surface area contributed by atoms with Crippen LogP contribution in [0.1, 0.15) is 17.8 Å². The van der Waals surface area contributed by atoms with Gasteiger partial charge in [-0.05, 0) is 30.7 Å². The van der Waals surface area contributed by atoms with E-state index in [4.69, 9.17) is 0 Å². The predicted molar refractivity (Wildman–Crippen MR) is 105 cm³/mol. The molecule has 0 bridgehead atoms. The van der Waals surface area contributed by atoms with Crippen LogP contribution in [0.25, 0.3) is 0 Å². The lowest BCUT2D eigenvalue weighted by Gasteiger charge is -2.17. The SMILES string of the molecule is COC(=O)Cn1ccnc1CNC(=O)[C@H]1CC(=O)N(c2ccc(Br)c(C)c2)C1. The van der Waals surface area contributed by atoms with Gasteiger partial charge in [-0.3, -0.25) is 14.4 Å². The number of anilines is 1. The number of aryl methyl sites for hydroxylation is 1. The van der Waals surface area contributed by atoms with Gasteiger partial charge in [0.25, 0.3) is 0 Å². The summed E-state index contributed by atoms with van der Waals surface area (Å²) in [5.41, 5.74) is 1.81. The maximum Gasteiger partial charge on any atom is 0.325 e. The number of nitrogens with zero attached hydrogens (tertiary/aromatic N) is 3. The van der Waals surface area contributed by atoms with Crippen LogP contribution in [0.5, 0.6) is 0 Å². The molecule has 9 heteroatoms. The fraction of sp³-hybridized carbons (Fsp3) is 0.368. The number of hydrogen-bond acceptors (Lipinski definition) is 5. The molecule has 1 aromatic carbocycles. The van der Waals surface area contributed by atoms with E-state index >= 15 is 0 Å². The lowest BCUT2D eigenvalue weighted by atomic mass is 10.1. The highest BCUT2D eigenvalue weighted by Gasteiger charge is 2.35. The van der Waals surface area contributed by atoms with Crippen molar-refractivity contribution in [2.24, 2.45) is 5.92 Å². The fourth-order valence-corrected chi connectivity index (χ4v) is 3.34. The van der Waals surface area contributed by atoms with E-state index in [-0.39, 0.29) is 31.3 Å². The predicted octanol–water partition coefficient (Wildman–Crippen LogP) is 1.80. The van der Waals surface area contributed by atoms with Crippen molar-refractivity contribution in [1.29, 1.82) is 0 Å². The van der Waals surface area contributed by atoms with Gasteiger partial charge in [0.05, 0.1) is 19.6 Å². The molecule has 3 rings (SSSR count). The first-order valence-electron chi connectivity index (χ1n) is 8.80. The van der Waals surface area contributed by atoms with Crippen molar-refractivity contribution >= 4 is 39.4 Å². The van der Waals surface area contributed by atoms with E-state index in [9.17, 15) is 14.4 Å². The molecule has 8 nitrogen and oxygen atoms in total. The molecule has 1 N–H and O–H groups in total. The summed E-state index contributed by atoms with van der Waals surface area (Å²) in [4.78, 5) is 42.2. The lowest BCUT2D eigenvalue weighted by molar-refractivity contribution is -0.141. The standard InChI is InChI=1S/C19H21BrN4O4/c1-12-7-14(3-4-15(12)20)24-10-13(8-17(24)25)19(27)22-9-16-21-5-6-23(16)11-18(26)28-2/h3-7,13H,8-11H2,1-2H3,(H,22,27)/t13-/m0/s1. The smallest absolute Gasteiger partial charge is 0.325 e. The van der Waals surface area contributed by atoms with E-state index < -0.39 is 11.9 Å². The number of methoxy groups -OCH3 is 1. The summed E-state index contributed by atoms with van der Waals surface area (Å²) in [6.45, 7) is 2.49. The Morgan fingerprint density at radius 3 is 2.89 bits per heavy atom. The summed E-state index contributed by atoms with van der Waals surface area (Å²) < 4.78 is 7.23. The maximum atomic E-state index is 12.5. The van der Waals surface area contributed by atoms with E-state index in [2.05, 4.69) is 31.0 Å². The molecular weight excluding hydrogens is 428 g/mol. The molecule has 0 unspecified atom stereocenters. The molecule has 28 heavy (non-hydrogen) atoms. The van der Waals surface area contributed by atoms with Gasteiger partial charge in [0.2, 0.25) is 11.8 Å². The van der Waals surface area contributed by atoms with Gasteiger partial charge in [-0.25, -0.2) is 4.98 Å². The zero-order chi connectivity index (χ0) is 20.3. The third-order valence-corrected chi connectivity index (χ3v) is 5.59. The van der Waals surface area contributed by atoms with Crippen LogP contribution in [0.15, 0.2) is 35.1 Å². The molecule has 0 saturated carbocycles. The number of carbonyl (C=O) groups excluding carboxylic acids is 3. The summed E-state index contributed by atoms with van der Waals surface area (Å²) in [5, 5.41) is 2.81. The largest absolute Gasteiger partial charge is 0.468 e. The van der Waals surface area contributed by atoms with Crippen molar-refractivity contribution < 1.29 is 19.1 Å². The van der Waals surface area contributed by atoms with Crippen LogP contribution in [0.2, 0.25) is 0 Å². The van der Waals surface area contributed by atoms with Crippen LogP contribution in [0.3, 0.4) is 0 Å². The second kappa shape index (κ2) is 8.55. The van der Waals surface area contributed by atoms with E-state index in [1.54, 1.807) is 21.9 Å². The molecule has 1 saturated heterocycles. The molecule has 148 valence electrons. The number of nitrogens with one attached hydrogen (secondary N) is 1. The Hall–Kier alpha value is -2.68. The number of esters is 1. The van der Waals surface area contributed by atoms with E-state index in [0.29, 0.717) is 12.4 Å². The summed E-state index contributed by atoms with van der Waals surface area (Å²) in [6.07, 6.45) is 3.37. The Balaban J connectivity index is 1.60. The highest BCUT2D eigenvalue weighted by Crippen LogP contribution is 2.28. The van der Waals surface area contributed by atoms with E-state index in [1.165, 1.54) is 7.11 Å². The van der Waals surface area contributed by atoms with Crippen LogP contribution in [-0.4, -0.2) is 41.0 Å². The number of carbonyl (C=O) groups is 3.